The lowest BCUT2D eigenvalue weighted by molar-refractivity contribution is 0.102. The summed E-state index contributed by atoms with van der Waals surface area (Å²) in [4.78, 5) is 23.2. The fourth-order valence-corrected chi connectivity index (χ4v) is 3.44. The summed E-state index contributed by atoms with van der Waals surface area (Å²) in [6.45, 7) is 2.60. The minimum atomic E-state index is -0.303. The molecule has 0 aliphatic carbocycles. The van der Waals surface area contributed by atoms with Gasteiger partial charge in [0.1, 0.15) is 16.2 Å². The van der Waals surface area contributed by atoms with Crippen molar-refractivity contribution in [3.05, 3.63) is 46.8 Å². The van der Waals surface area contributed by atoms with Gasteiger partial charge in [-0.2, -0.15) is 0 Å². The number of ether oxygens (including phenoxy) is 2. The highest BCUT2D eigenvalue weighted by molar-refractivity contribution is 9.10. The van der Waals surface area contributed by atoms with Gasteiger partial charge in [0.15, 0.2) is 0 Å². The highest BCUT2D eigenvalue weighted by Crippen LogP contribution is 2.28. The van der Waals surface area contributed by atoms with Crippen LogP contribution in [-0.4, -0.2) is 52.4 Å². The Morgan fingerprint density at radius 3 is 2.86 bits per heavy atom. The number of carbonyl (C=O) groups is 1. The molecule has 0 aromatic carbocycles. The molecule has 11 heteroatoms. The molecule has 1 N–H and O–H groups in total. The van der Waals surface area contributed by atoms with Crippen molar-refractivity contribution < 1.29 is 14.3 Å². The number of carbonyl (C=O) groups excluding carboxylic acids is 1. The van der Waals surface area contributed by atoms with Crippen LogP contribution in [-0.2, 0) is 4.74 Å². The molecule has 0 spiro atoms. The summed E-state index contributed by atoms with van der Waals surface area (Å²) in [5.74, 6) is 0.854. The largest absolute Gasteiger partial charge is 0.428 e. The normalized spacial score (nSPS) is 14.0. The first kappa shape index (κ1) is 18.7. The summed E-state index contributed by atoms with van der Waals surface area (Å²) in [6.07, 6.45) is 3.23. The van der Waals surface area contributed by atoms with Crippen LogP contribution >= 0.6 is 27.3 Å². The van der Waals surface area contributed by atoms with E-state index in [1.165, 1.54) is 0 Å². The Labute approximate surface area is 172 Å². The number of halogens is 1. The molecule has 1 aliphatic rings. The maximum Gasteiger partial charge on any atom is 0.301 e. The number of morpholine rings is 1. The van der Waals surface area contributed by atoms with E-state index in [1.807, 2.05) is 4.90 Å². The van der Waals surface area contributed by atoms with Crippen molar-refractivity contribution in [2.24, 2.45) is 0 Å². The van der Waals surface area contributed by atoms with Crippen LogP contribution in [0.15, 0.2) is 41.3 Å². The molecular formula is C17H15BrN6O3S. The Morgan fingerprint density at radius 1 is 1.21 bits per heavy atom. The third-order valence-electron chi connectivity index (χ3n) is 3.87. The molecule has 1 fully saturated rings. The smallest absolute Gasteiger partial charge is 0.301 e. The average molecular weight is 463 g/mol. The number of pyridine rings is 2. The van der Waals surface area contributed by atoms with Gasteiger partial charge in [0.05, 0.1) is 25.0 Å². The van der Waals surface area contributed by atoms with E-state index < -0.39 is 0 Å². The number of aromatic nitrogens is 4. The summed E-state index contributed by atoms with van der Waals surface area (Å²) in [7, 11) is 0. The number of hydrogen-bond acceptors (Lipinski definition) is 9. The minimum absolute atomic E-state index is 0.303. The second kappa shape index (κ2) is 8.59. The van der Waals surface area contributed by atoms with E-state index in [9.17, 15) is 4.79 Å². The lowest BCUT2D eigenvalue weighted by Crippen LogP contribution is -2.38. The fourth-order valence-electron chi connectivity index (χ4n) is 2.59. The van der Waals surface area contributed by atoms with Gasteiger partial charge in [-0.05, 0) is 51.5 Å². The first-order valence-electron chi connectivity index (χ1n) is 8.41. The van der Waals surface area contributed by atoms with Crippen LogP contribution in [0.3, 0.4) is 0 Å². The second-order valence-electron chi connectivity index (χ2n) is 5.72. The molecule has 0 unspecified atom stereocenters. The van der Waals surface area contributed by atoms with Crippen molar-refractivity contribution in [3.8, 4) is 10.9 Å². The van der Waals surface area contributed by atoms with Crippen LogP contribution in [0.5, 0.6) is 10.9 Å². The summed E-state index contributed by atoms with van der Waals surface area (Å²) in [5.41, 5.74) is 0.471. The standard InChI is InChI=1S/C17H15BrN6O3S/c18-13-4-3-11(10-20-13)27-17-23-22-16(28-17)21-15(25)12-2-1-5-19-14(12)24-6-8-26-9-7-24/h1-5,10H,6-9H2,(H,21,22,25). The SMILES string of the molecule is O=C(Nc1nnc(Oc2ccc(Br)nc2)s1)c1cccnc1N1CCOCC1. The van der Waals surface area contributed by atoms with E-state index in [4.69, 9.17) is 9.47 Å². The van der Waals surface area contributed by atoms with Crippen LogP contribution in [0.2, 0.25) is 0 Å². The predicted molar refractivity (Wildman–Crippen MR) is 107 cm³/mol. The van der Waals surface area contributed by atoms with E-state index in [0.717, 1.165) is 11.3 Å². The number of anilines is 2. The number of nitrogens with zero attached hydrogens (tertiary/aromatic N) is 5. The molecule has 0 saturated carbocycles. The third kappa shape index (κ3) is 4.43. The summed E-state index contributed by atoms with van der Waals surface area (Å²) >= 11 is 4.39. The number of rotatable bonds is 5. The van der Waals surface area contributed by atoms with Gasteiger partial charge in [0, 0.05) is 19.3 Å². The molecule has 9 nitrogen and oxygen atoms in total. The zero-order valence-corrected chi connectivity index (χ0v) is 16.9. The molecule has 1 saturated heterocycles. The van der Waals surface area contributed by atoms with Gasteiger partial charge in [-0.3, -0.25) is 10.1 Å². The van der Waals surface area contributed by atoms with Crippen molar-refractivity contribution in [1.82, 2.24) is 20.2 Å². The molecular weight excluding hydrogens is 448 g/mol. The summed E-state index contributed by atoms with van der Waals surface area (Å²) in [6, 6.07) is 6.97. The van der Waals surface area contributed by atoms with Gasteiger partial charge in [0.25, 0.3) is 5.91 Å². The van der Waals surface area contributed by atoms with Crippen molar-refractivity contribution >= 4 is 44.1 Å². The molecule has 3 aromatic rings. The van der Waals surface area contributed by atoms with Gasteiger partial charge in [-0.1, -0.05) is 5.10 Å². The van der Waals surface area contributed by atoms with Gasteiger partial charge < -0.3 is 14.4 Å². The molecule has 1 amide bonds. The third-order valence-corrected chi connectivity index (χ3v) is 5.06. The maximum absolute atomic E-state index is 12.8. The zero-order chi connectivity index (χ0) is 19.3. The topological polar surface area (TPSA) is 102 Å². The molecule has 0 atom stereocenters. The Balaban J connectivity index is 1.46. The van der Waals surface area contributed by atoms with E-state index in [1.54, 1.807) is 36.7 Å². The van der Waals surface area contributed by atoms with Crippen LogP contribution in [0.1, 0.15) is 10.4 Å². The highest BCUT2D eigenvalue weighted by Gasteiger charge is 2.21. The van der Waals surface area contributed by atoms with E-state index >= 15 is 0 Å². The molecule has 1 aliphatic heterocycles. The lowest BCUT2D eigenvalue weighted by atomic mass is 10.2. The monoisotopic (exact) mass is 462 g/mol. The summed E-state index contributed by atoms with van der Waals surface area (Å²) < 4.78 is 11.7. The van der Waals surface area contributed by atoms with Crippen molar-refractivity contribution in [3.63, 3.8) is 0 Å². The molecule has 28 heavy (non-hydrogen) atoms. The molecule has 4 rings (SSSR count). The molecule has 144 valence electrons. The molecule has 0 radical (unpaired) electrons. The molecule has 4 heterocycles. The van der Waals surface area contributed by atoms with Crippen LogP contribution in [0.4, 0.5) is 10.9 Å². The zero-order valence-electron chi connectivity index (χ0n) is 14.5. The minimum Gasteiger partial charge on any atom is -0.428 e. The van der Waals surface area contributed by atoms with E-state index in [2.05, 4.69) is 41.4 Å². The van der Waals surface area contributed by atoms with Gasteiger partial charge >= 0.3 is 5.19 Å². The fraction of sp³-hybridized carbons (Fsp3) is 0.235. The lowest BCUT2D eigenvalue weighted by Gasteiger charge is -2.28. The number of amides is 1. The first-order chi connectivity index (χ1) is 13.7. The highest BCUT2D eigenvalue weighted by atomic mass is 79.9. The van der Waals surface area contributed by atoms with E-state index in [0.29, 0.717) is 58.4 Å². The van der Waals surface area contributed by atoms with E-state index in [-0.39, 0.29) is 5.91 Å². The van der Waals surface area contributed by atoms with Gasteiger partial charge in [-0.25, -0.2) is 9.97 Å². The van der Waals surface area contributed by atoms with Crippen molar-refractivity contribution in [2.75, 3.05) is 36.5 Å². The second-order valence-corrected chi connectivity index (χ2v) is 7.47. The Kier molecular flexibility index (Phi) is 5.74. The predicted octanol–water partition coefficient (Wildman–Crippen LogP) is 2.97. The van der Waals surface area contributed by atoms with Crippen LogP contribution < -0.4 is 15.0 Å². The molecule has 3 aromatic heterocycles. The Hall–Kier alpha value is -2.63. The average Bonchev–Trinajstić information content (AvgIpc) is 3.17. The van der Waals surface area contributed by atoms with Crippen molar-refractivity contribution in [2.45, 2.75) is 0 Å². The van der Waals surface area contributed by atoms with Crippen LogP contribution in [0, 0.1) is 0 Å². The van der Waals surface area contributed by atoms with Crippen molar-refractivity contribution in [1.29, 1.82) is 0 Å². The Bertz CT molecular complexity index is 962. The maximum atomic E-state index is 12.8. The number of hydrogen-bond donors (Lipinski definition) is 1. The first-order valence-corrected chi connectivity index (χ1v) is 10.0. The quantitative estimate of drug-likeness (QED) is 0.577. The Morgan fingerprint density at radius 2 is 2.07 bits per heavy atom. The number of nitrogens with one attached hydrogen (secondary N) is 1. The van der Waals surface area contributed by atoms with Crippen LogP contribution in [0.25, 0.3) is 0 Å². The molecule has 0 bridgehead atoms. The van der Waals surface area contributed by atoms with Gasteiger partial charge in [-0.15, -0.1) is 5.10 Å². The van der Waals surface area contributed by atoms with Gasteiger partial charge in [0.2, 0.25) is 5.13 Å². The summed E-state index contributed by atoms with van der Waals surface area (Å²) in [5, 5.41) is 11.3.